The Morgan fingerprint density at radius 2 is 0.914 bits per heavy atom. The maximum atomic E-state index is 6.85. The van der Waals surface area contributed by atoms with Gasteiger partial charge in [-0.1, -0.05) is 170 Å². The van der Waals surface area contributed by atoms with E-state index in [1.165, 1.54) is 43.8 Å². The molecule has 0 N–H and O–H groups in total. The Labute approximate surface area is 337 Å². The lowest BCUT2D eigenvalue weighted by molar-refractivity contribution is 0.670. The first kappa shape index (κ1) is 33.6. The molecular weight excluding hydrogens is 703 g/mol. The summed E-state index contributed by atoms with van der Waals surface area (Å²) in [6, 6.07) is 80.6. The van der Waals surface area contributed by atoms with Gasteiger partial charge < -0.3 is 9.32 Å². The molecular formula is C56H37NO. The third-order valence-electron chi connectivity index (χ3n) is 11.4. The Hall–Kier alpha value is -7.68. The van der Waals surface area contributed by atoms with Gasteiger partial charge in [-0.15, -0.1) is 0 Å². The van der Waals surface area contributed by atoms with E-state index in [0.717, 1.165) is 61.3 Å². The van der Waals surface area contributed by atoms with Crippen LogP contribution >= 0.6 is 0 Å². The summed E-state index contributed by atoms with van der Waals surface area (Å²) in [6.45, 7) is 0. The fraction of sp³-hybridized carbons (Fsp3) is 0. The van der Waals surface area contributed by atoms with E-state index in [-0.39, 0.29) is 0 Å². The first-order valence-electron chi connectivity index (χ1n) is 19.8. The summed E-state index contributed by atoms with van der Waals surface area (Å²) in [6.07, 6.45) is 0. The third-order valence-corrected chi connectivity index (χ3v) is 11.4. The zero-order valence-electron chi connectivity index (χ0n) is 31.7. The summed E-state index contributed by atoms with van der Waals surface area (Å²) in [5.74, 6) is 0. The van der Waals surface area contributed by atoms with E-state index in [9.17, 15) is 0 Å². The Morgan fingerprint density at radius 1 is 0.310 bits per heavy atom. The number of benzene rings is 10. The molecule has 0 aliphatic carbocycles. The Bertz CT molecular complexity index is 3280. The normalized spacial score (nSPS) is 11.4. The van der Waals surface area contributed by atoms with Gasteiger partial charge in [-0.2, -0.15) is 0 Å². The van der Waals surface area contributed by atoms with E-state index in [2.05, 4.69) is 229 Å². The van der Waals surface area contributed by atoms with Crippen LogP contribution in [0.5, 0.6) is 0 Å². The molecule has 2 heteroatoms. The van der Waals surface area contributed by atoms with Crippen molar-refractivity contribution >= 4 is 60.5 Å². The van der Waals surface area contributed by atoms with Gasteiger partial charge in [0.05, 0.1) is 11.1 Å². The molecule has 0 aliphatic rings. The van der Waals surface area contributed by atoms with Gasteiger partial charge in [-0.05, 0) is 115 Å². The molecule has 2 nitrogen and oxygen atoms in total. The van der Waals surface area contributed by atoms with Crippen molar-refractivity contribution in [1.82, 2.24) is 0 Å². The Balaban J connectivity index is 1.11. The minimum atomic E-state index is 0.866. The van der Waals surface area contributed by atoms with E-state index in [1.54, 1.807) is 0 Å². The van der Waals surface area contributed by atoms with Crippen molar-refractivity contribution in [3.63, 3.8) is 0 Å². The van der Waals surface area contributed by atoms with Crippen molar-refractivity contribution in [1.29, 1.82) is 0 Å². The van der Waals surface area contributed by atoms with Gasteiger partial charge in [0.25, 0.3) is 0 Å². The van der Waals surface area contributed by atoms with E-state index in [0.29, 0.717) is 0 Å². The van der Waals surface area contributed by atoms with Crippen LogP contribution < -0.4 is 4.90 Å². The monoisotopic (exact) mass is 739 g/mol. The van der Waals surface area contributed by atoms with Crippen LogP contribution in [0.2, 0.25) is 0 Å². The fourth-order valence-electron chi connectivity index (χ4n) is 8.61. The van der Waals surface area contributed by atoms with Crippen LogP contribution in [-0.4, -0.2) is 0 Å². The van der Waals surface area contributed by atoms with Gasteiger partial charge >= 0.3 is 0 Å². The zero-order chi connectivity index (χ0) is 38.4. The summed E-state index contributed by atoms with van der Waals surface area (Å²) in [5.41, 5.74) is 14.2. The first-order valence-corrected chi connectivity index (χ1v) is 19.8. The first-order chi connectivity index (χ1) is 28.7. The molecule has 0 aliphatic heterocycles. The molecule has 11 rings (SSSR count). The third kappa shape index (κ3) is 5.91. The van der Waals surface area contributed by atoms with E-state index >= 15 is 0 Å². The minimum absolute atomic E-state index is 0.866. The highest BCUT2D eigenvalue weighted by Crippen LogP contribution is 2.47. The molecule has 272 valence electrons. The Kier molecular flexibility index (Phi) is 8.19. The molecule has 0 bridgehead atoms. The average molecular weight is 740 g/mol. The van der Waals surface area contributed by atoms with Gasteiger partial charge in [-0.25, -0.2) is 0 Å². The molecule has 0 saturated carbocycles. The molecule has 58 heavy (non-hydrogen) atoms. The van der Waals surface area contributed by atoms with Crippen molar-refractivity contribution in [3.05, 3.63) is 224 Å². The van der Waals surface area contributed by atoms with E-state index < -0.39 is 0 Å². The smallest absolute Gasteiger partial charge is 0.145 e. The second-order valence-electron chi connectivity index (χ2n) is 14.9. The summed E-state index contributed by atoms with van der Waals surface area (Å²) < 4.78 is 6.85. The van der Waals surface area contributed by atoms with Crippen LogP contribution in [0.25, 0.3) is 88.0 Å². The molecule has 0 spiro atoms. The number of anilines is 3. The van der Waals surface area contributed by atoms with Crippen molar-refractivity contribution in [3.8, 4) is 44.5 Å². The molecule has 0 radical (unpaired) electrons. The summed E-state index contributed by atoms with van der Waals surface area (Å²) in [5, 5.41) is 7.05. The number of hydrogen-bond donors (Lipinski definition) is 0. The van der Waals surface area contributed by atoms with Crippen LogP contribution in [-0.2, 0) is 0 Å². The maximum Gasteiger partial charge on any atom is 0.145 e. The van der Waals surface area contributed by atoms with Crippen LogP contribution in [0.15, 0.2) is 229 Å². The maximum absolute atomic E-state index is 6.85. The molecule has 0 atom stereocenters. The lowest BCUT2D eigenvalue weighted by Gasteiger charge is -2.27. The highest BCUT2D eigenvalue weighted by atomic mass is 16.3. The number of furan rings is 1. The molecule has 0 amide bonds. The fourth-order valence-corrected chi connectivity index (χ4v) is 8.61. The van der Waals surface area contributed by atoms with Gasteiger partial charge in [0.2, 0.25) is 0 Å². The largest absolute Gasteiger partial charge is 0.455 e. The second-order valence-corrected chi connectivity index (χ2v) is 14.9. The van der Waals surface area contributed by atoms with Crippen molar-refractivity contribution < 1.29 is 4.42 Å². The molecule has 0 fully saturated rings. The van der Waals surface area contributed by atoms with Crippen molar-refractivity contribution in [2.24, 2.45) is 0 Å². The number of para-hydroxylation sites is 1. The van der Waals surface area contributed by atoms with Crippen LogP contribution in [0, 0.1) is 0 Å². The van der Waals surface area contributed by atoms with Gasteiger partial charge in [0.1, 0.15) is 11.2 Å². The number of rotatable bonds is 7. The van der Waals surface area contributed by atoms with Crippen LogP contribution in [0.4, 0.5) is 17.1 Å². The predicted octanol–water partition coefficient (Wildman–Crippen LogP) is 16.0. The van der Waals surface area contributed by atoms with E-state index in [1.807, 2.05) is 0 Å². The van der Waals surface area contributed by atoms with Crippen molar-refractivity contribution in [2.45, 2.75) is 0 Å². The Morgan fingerprint density at radius 3 is 1.76 bits per heavy atom. The second kappa shape index (κ2) is 14.1. The SMILES string of the molecule is c1ccc(-c2cccc(-c3ccc(N(c4cccc(-c5cccc6ccccc56)c4)c4ccc(-c5ccc6ccccc6c5)c5oc6ccccc6c45)cc3)c2)cc1. The van der Waals surface area contributed by atoms with Crippen molar-refractivity contribution in [2.75, 3.05) is 4.90 Å². The highest BCUT2D eigenvalue weighted by molar-refractivity contribution is 6.17. The number of fused-ring (bicyclic) bond motifs is 5. The molecule has 0 saturated heterocycles. The lowest BCUT2D eigenvalue weighted by atomic mass is 9.96. The zero-order valence-corrected chi connectivity index (χ0v) is 31.7. The molecule has 11 aromatic rings. The van der Waals surface area contributed by atoms with Gasteiger partial charge in [-0.3, -0.25) is 0 Å². The number of hydrogen-bond acceptors (Lipinski definition) is 2. The predicted molar refractivity (Wildman–Crippen MR) is 245 cm³/mol. The van der Waals surface area contributed by atoms with E-state index in [4.69, 9.17) is 4.42 Å². The topological polar surface area (TPSA) is 16.4 Å². The molecule has 1 heterocycles. The molecule has 10 aromatic carbocycles. The molecule has 1 aromatic heterocycles. The minimum Gasteiger partial charge on any atom is -0.455 e. The van der Waals surface area contributed by atoms with Crippen LogP contribution in [0.1, 0.15) is 0 Å². The standard InChI is InChI=1S/C56H37NO/c1-2-13-38(14-3-1)43-19-10-20-44(35-43)40-29-31-47(32-30-40)57(48-22-11-21-45(37-48)50-25-12-18-41-16-6-7-23-49(41)50)53-34-33-51(46-28-27-39-15-4-5-17-42(39)36-46)56-55(53)52-24-8-9-26-54(52)58-56/h1-37H. The summed E-state index contributed by atoms with van der Waals surface area (Å²) in [4.78, 5) is 2.40. The average Bonchev–Trinajstić information content (AvgIpc) is 3.70. The van der Waals surface area contributed by atoms with Gasteiger partial charge in [0.15, 0.2) is 0 Å². The lowest BCUT2D eigenvalue weighted by Crippen LogP contribution is -2.10. The highest BCUT2D eigenvalue weighted by Gasteiger charge is 2.23. The molecule has 0 unspecified atom stereocenters. The number of nitrogens with zero attached hydrogens (tertiary/aromatic N) is 1. The summed E-state index contributed by atoms with van der Waals surface area (Å²) in [7, 11) is 0. The van der Waals surface area contributed by atoms with Crippen LogP contribution in [0.3, 0.4) is 0 Å². The quantitative estimate of drug-likeness (QED) is 0.162. The van der Waals surface area contributed by atoms with Gasteiger partial charge in [0, 0.05) is 22.3 Å². The summed E-state index contributed by atoms with van der Waals surface area (Å²) >= 11 is 0.